The molecule has 1 unspecified atom stereocenters. The van der Waals surface area contributed by atoms with Crippen LogP contribution in [0.5, 0.6) is 23.0 Å². The molecular weight excluding hydrogens is 484 g/mol. The van der Waals surface area contributed by atoms with Gasteiger partial charge in [-0.15, -0.1) is 0 Å². The Morgan fingerprint density at radius 3 is 2.39 bits per heavy atom. The minimum atomic E-state index is -0.788. The maximum atomic E-state index is 12.6. The summed E-state index contributed by atoms with van der Waals surface area (Å²) in [7, 11) is 0. The Hall–Kier alpha value is -4.04. The van der Waals surface area contributed by atoms with Gasteiger partial charge in [-0.3, -0.25) is 4.79 Å². The Balaban J connectivity index is 1.62. The largest absolute Gasteiger partial charge is 0.494 e. The molecule has 0 bridgehead atoms. The predicted molar refractivity (Wildman–Crippen MR) is 137 cm³/mol. The summed E-state index contributed by atoms with van der Waals surface area (Å²) in [5, 5.41) is 4.49. The van der Waals surface area contributed by atoms with Crippen molar-refractivity contribution >= 4 is 29.7 Å². The topological polar surface area (TPSA) is 95.5 Å². The lowest BCUT2D eigenvalue weighted by molar-refractivity contribution is -0.127. The third-order valence-electron chi connectivity index (χ3n) is 4.74. The average molecular weight is 511 g/mol. The van der Waals surface area contributed by atoms with Crippen LogP contribution >= 0.6 is 11.6 Å². The summed E-state index contributed by atoms with van der Waals surface area (Å²) in [4.78, 5) is 24.9. The van der Waals surface area contributed by atoms with Crippen molar-refractivity contribution < 1.29 is 28.5 Å². The van der Waals surface area contributed by atoms with Crippen molar-refractivity contribution in [3.8, 4) is 23.0 Å². The molecule has 0 aliphatic heterocycles. The first-order valence-electron chi connectivity index (χ1n) is 11.4. The second-order valence-electron chi connectivity index (χ2n) is 7.44. The van der Waals surface area contributed by atoms with Crippen molar-refractivity contribution in [2.45, 2.75) is 26.9 Å². The van der Waals surface area contributed by atoms with E-state index in [2.05, 4.69) is 10.5 Å². The van der Waals surface area contributed by atoms with Crippen LogP contribution in [0.3, 0.4) is 0 Å². The van der Waals surface area contributed by atoms with Gasteiger partial charge in [0.2, 0.25) is 0 Å². The van der Waals surface area contributed by atoms with Gasteiger partial charge in [-0.1, -0.05) is 17.7 Å². The molecule has 0 radical (unpaired) electrons. The molecule has 3 rings (SSSR count). The molecule has 9 heteroatoms. The summed E-state index contributed by atoms with van der Waals surface area (Å²) >= 11 is 5.93. The Bertz CT molecular complexity index is 1210. The van der Waals surface area contributed by atoms with E-state index in [0.29, 0.717) is 46.6 Å². The van der Waals surface area contributed by atoms with Crippen molar-refractivity contribution in [3.05, 3.63) is 82.9 Å². The second kappa shape index (κ2) is 13.2. The quantitative estimate of drug-likeness (QED) is 0.163. The number of halogens is 1. The molecule has 3 aromatic rings. The van der Waals surface area contributed by atoms with Gasteiger partial charge in [0.05, 0.1) is 25.0 Å². The van der Waals surface area contributed by atoms with Gasteiger partial charge in [0.25, 0.3) is 5.91 Å². The van der Waals surface area contributed by atoms with Gasteiger partial charge < -0.3 is 18.9 Å². The van der Waals surface area contributed by atoms with Crippen LogP contribution in [0.15, 0.2) is 71.8 Å². The standard InChI is InChI=1S/C27H27ClN2O6/c1-4-33-22-12-10-20(11-13-22)27(32)36-24-14-9-19(15-25(24)34-5-2)17-29-30-26(31)18(3)35-23-8-6-7-21(28)16-23/h6-18H,4-5H2,1-3H3,(H,30,31). The van der Waals surface area contributed by atoms with Crippen LogP contribution in [0.2, 0.25) is 5.02 Å². The number of rotatable bonds is 11. The van der Waals surface area contributed by atoms with Crippen molar-refractivity contribution in [3.63, 3.8) is 0 Å². The molecule has 0 saturated heterocycles. The molecule has 0 fully saturated rings. The van der Waals surface area contributed by atoms with Crippen molar-refractivity contribution in [2.24, 2.45) is 5.10 Å². The summed E-state index contributed by atoms with van der Waals surface area (Å²) in [6, 6.07) is 18.4. The monoisotopic (exact) mass is 510 g/mol. The minimum Gasteiger partial charge on any atom is -0.494 e. The van der Waals surface area contributed by atoms with Crippen LogP contribution in [0.25, 0.3) is 0 Å². The summed E-state index contributed by atoms with van der Waals surface area (Å²) in [5.74, 6) is 0.819. The third-order valence-corrected chi connectivity index (χ3v) is 4.97. The number of ether oxygens (including phenoxy) is 4. The number of hydrazone groups is 1. The highest BCUT2D eigenvalue weighted by molar-refractivity contribution is 6.30. The number of nitrogens with zero attached hydrogens (tertiary/aromatic N) is 1. The fraction of sp³-hybridized carbons (Fsp3) is 0.222. The number of hydrogen-bond donors (Lipinski definition) is 1. The minimum absolute atomic E-state index is 0.264. The molecule has 0 aliphatic carbocycles. The highest BCUT2D eigenvalue weighted by atomic mass is 35.5. The Morgan fingerprint density at radius 1 is 0.944 bits per heavy atom. The Labute approximate surface area is 214 Å². The highest BCUT2D eigenvalue weighted by Crippen LogP contribution is 2.29. The van der Waals surface area contributed by atoms with E-state index in [0.717, 1.165) is 0 Å². The number of benzene rings is 3. The van der Waals surface area contributed by atoms with Gasteiger partial charge in [-0.2, -0.15) is 5.10 Å². The summed E-state index contributed by atoms with van der Waals surface area (Å²) < 4.78 is 22.1. The molecule has 1 amide bonds. The van der Waals surface area contributed by atoms with Crippen LogP contribution < -0.4 is 24.4 Å². The average Bonchev–Trinajstić information content (AvgIpc) is 2.86. The zero-order valence-electron chi connectivity index (χ0n) is 20.2. The SMILES string of the molecule is CCOc1ccc(C(=O)Oc2ccc(C=NNC(=O)C(C)Oc3cccc(Cl)c3)cc2OCC)cc1. The maximum absolute atomic E-state index is 12.6. The summed E-state index contributed by atoms with van der Waals surface area (Å²) in [6.07, 6.45) is 0.661. The number of carbonyl (C=O) groups is 2. The van der Waals surface area contributed by atoms with Gasteiger partial charge in [0, 0.05) is 5.02 Å². The summed E-state index contributed by atoms with van der Waals surface area (Å²) in [5.41, 5.74) is 3.44. The molecule has 0 saturated carbocycles. The number of hydrogen-bond acceptors (Lipinski definition) is 7. The number of esters is 1. The first-order valence-corrected chi connectivity index (χ1v) is 11.7. The molecule has 3 aromatic carbocycles. The molecular formula is C27H27ClN2O6. The molecule has 188 valence electrons. The van der Waals surface area contributed by atoms with Crippen molar-refractivity contribution in [1.29, 1.82) is 0 Å². The lowest BCUT2D eigenvalue weighted by Gasteiger charge is -2.13. The van der Waals surface area contributed by atoms with Gasteiger partial charge >= 0.3 is 5.97 Å². The van der Waals surface area contributed by atoms with E-state index in [1.165, 1.54) is 6.21 Å². The second-order valence-corrected chi connectivity index (χ2v) is 7.87. The molecule has 1 N–H and O–H groups in total. The zero-order valence-corrected chi connectivity index (χ0v) is 21.0. The fourth-order valence-electron chi connectivity index (χ4n) is 3.03. The van der Waals surface area contributed by atoms with Crippen LogP contribution in [0.4, 0.5) is 0 Å². The lowest BCUT2D eigenvalue weighted by atomic mass is 10.2. The molecule has 0 heterocycles. The molecule has 8 nitrogen and oxygen atoms in total. The van der Waals surface area contributed by atoms with E-state index in [4.69, 9.17) is 30.5 Å². The zero-order chi connectivity index (χ0) is 25.9. The fourth-order valence-corrected chi connectivity index (χ4v) is 3.21. The number of nitrogens with one attached hydrogen (secondary N) is 1. The first-order chi connectivity index (χ1) is 17.4. The smallest absolute Gasteiger partial charge is 0.343 e. The van der Waals surface area contributed by atoms with E-state index in [1.807, 2.05) is 13.8 Å². The van der Waals surface area contributed by atoms with Gasteiger partial charge in [0.1, 0.15) is 11.5 Å². The van der Waals surface area contributed by atoms with E-state index < -0.39 is 18.0 Å². The van der Waals surface area contributed by atoms with E-state index >= 15 is 0 Å². The van der Waals surface area contributed by atoms with E-state index in [-0.39, 0.29) is 5.75 Å². The van der Waals surface area contributed by atoms with Crippen LogP contribution in [0.1, 0.15) is 36.7 Å². The lowest BCUT2D eigenvalue weighted by Crippen LogP contribution is -2.33. The molecule has 0 spiro atoms. The normalized spacial score (nSPS) is 11.6. The van der Waals surface area contributed by atoms with Crippen molar-refractivity contribution in [1.82, 2.24) is 5.43 Å². The number of amides is 1. The van der Waals surface area contributed by atoms with Crippen LogP contribution in [-0.2, 0) is 4.79 Å². The Kier molecular flexibility index (Phi) is 9.71. The summed E-state index contributed by atoms with van der Waals surface area (Å²) in [6.45, 7) is 6.21. The van der Waals surface area contributed by atoms with Gasteiger partial charge in [0.15, 0.2) is 17.6 Å². The van der Waals surface area contributed by atoms with E-state index in [1.54, 1.807) is 73.7 Å². The Morgan fingerprint density at radius 2 is 1.69 bits per heavy atom. The maximum Gasteiger partial charge on any atom is 0.343 e. The molecule has 0 aromatic heterocycles. The molecule has 0 aliphatic rings. The third kappa shape index (κ3) is 7.74. The first kappa shape index (κ1) is 26.6. The van der Waals surface area contributed by atoms with Crippen molar-refractivity contribution in [2.75, 3.05) is 13.2 Å². The van der Waals surface area contributed by atoms with E-state index in [9.17, 15) is 9.59 Å². The highest BCUT2D eigenvalue weighted by Gasteiger charge is 2.15. The van der Waals surface area contributed by atoms with Crippen LogP contribution in [0, 0.1) is 0 Å². The molecule has 1 atom stereocenters. The van der Waals surface area contributed by atoms with Crippen LogP contribution in [-0.4, -0.2) is 37.4 Å². The predicted octanol–water partition coefficient (Wildman–Crippen LogP) is 5.27. The van der Waals surface area contributed by atoms with Gasteiger partial charge in [-0.05, 0) is 87.0 Å². The number of carbonyl (C=O) groups excluding carboxylic acids is 2. The van der Waals surface area contributed by atoms with Gasteiger partial charge in [-0.25, -0.2) is 10.2 Å². The molecule has 36 heavy (non-hydrogen) atoms.